The van der Waals surface area contributed by atoms with Crippen molar-refractivity contribution in [3.8, 4) is 0 Å². The highest BCUT2D eigenvalue weighted by molar-refractivity contribution is 5.39. The molecule has 0 atom stereocenters. The number of rotatable bonds is 1. The van der Waals surface area contributed by atoms with Crippen LogP contribution in [0.15, 0.2) is 16.7 Å². The number of furan rings is 1. The summed E-state index contributed by atoms with van der Waals surface area (Å²) in [6.45, 7) is 0. The standard InChI is InChI=1S/C6H8NO/c1-7(2)6-3-4-8-5-6/h3-4H,1-2H3. The van der Waals surface area contributed by atoms with Gasteiger partial charge in [0.1, 0.15) is 0 Å². The van der Waals surface area contributed by atoms with Crippen LogP contribution in [0, 0.1) is 6.26 Å². The second kappa shape index (κ2) is 1.90. The quantitative estimate of drug-likeness (QED) is 0.539. The van der Waals surface area contributed by atoms with Crippen LogP contribution in [-0.2, 0) is 0 Å². The van der Waals surface area contributed by atoms with E-state index in [0.29, 0.717) is 0 Å². The molecule has 0 bridgehead atoms. The van der Waals surface area contributed by atoms with Crippen LogP contribution in [0.5, 0.6) is 0 Å². The van der Waals surface area contributed by atoms with Crippen molar-refractivity contribution in [3.63, 3.8) is 0 Å². The van der Waals surface area contributed by atoms with Gasteiger partial charge in [-0.15, -0.1) is 0 Å². The predicted octanol–water partition coefficient (Wildman–Crippen LogP) is 1.15. The Morgan fingerprint density at radius 1 is 1.62 bits per heavy atom. The fraction of sp³-hybridized carbons (Fsp3) is 0.333. The van der Waals surface area contributed by atoms with Gasteiger partial charge in [-0.3, -0.25) is 0 Å². The van der Waals surface area contributed by atoms with Gasteiger partial charge in [0.25, 0.3) is 0 Å². The predicted molar refractivity (Wildman–Crippen MR) is 31.9 cm³/mol. The van der Waals surface area contributed by atoms with E-state index < -0.39 is 0 Å². The molecule has 0 aliphatic rings. The highest BCUT2D eigenvalue weighted by Gasteiger charge is 1.92. The van der Waals surface area contributed by atoms with Crippen LogP contribution in [0.3, 0.4) is 0 Å². The lowest BCUT2D eigenvalue weighted by Gasteiger charge is -2.05. The Labute approximate surface area is 48.7 Å². The van der Waals surface area contributed by atoms with Crippen molar-refractivity contribution in [1.29, 1.82) is 0 Å². The van der Waals surface area contributed by atoms with Gasteiger partial charge in [0.2, 0.25) is 0 Å². The zero-order valence-electron chi connectivity index (χ0n) is 5.01. The molecule has 43 valence electrons. The third kappa shape index (κ3) is 0.832. The van der Waals surface area contributed by atoms with Crippen molar-refractivity contribution in [2.24, 2.45) is 0 Å². The molecule has 8 heavy (non-hydrogen) atoms. The molecule has 0 aliphatic heterocycles. The molecule has 0 fully saturated rings. The lowest BCUT2D eigenvalue weighted by atomic mass is 10.5. The van der Waals surface area contributed by atoms with Crippen LogP contribution < -0.4 is 4.90 Å². The lowest BCUT2D eigenvalue weighted by Crippen LogP contribution is -2.06. The van der Waals surface area contributed by atoms with Crippen molar-refractivity contribution in [3.05, 3.63) is 18.6 Å². The Balaban J connectivity index is 2.77. The zero-order chi connectivity index (χ0) is 5.98. The molecule has 2 heteroatoms. The fourth-order valence-corrected chi connectivity index (χ4v) is 0.467. The molecular formula is C6H8NO. The third-order valence-electron chi connectivity index (χ3n) is 0.939. The topological polar surface area (TPSA) is 16.4 Å². The van der Waals surface area contributed by atoms with E-state index in [1.165, 1.54) is 0 Å². The van der Waals surface area contributed by atoms with E-state index in [1.807, 2.05) is 25.1 Å². The second-order valence-electron chi connectivity index (χ2n) is 1.80. The highest BCUT2D eigenvalue weighted by Crippen LogP contribution is 2.07. The van der Waals surface area contributed by atoms with Gasteiger partial charge in [0, 0.05) is 20.2 Å². The molecule has 0 saturated heterocycles. The molecule has 0 saturated carbocycles. The number of hydrogen-bond donors (Lipinski definition) is 0. The normalized spacial score (nSPS) is 9.25. The minimum atomic E-state index is 0.977. The molecular weight excluding hydrogens is 102 g/mol. The first kappa shape index (κ1) is 5.22. The highest BCUT2D eigenvalue weighted by atomic mass is 16.3. The Morgan fingerprint density at radius 3 is 2.62 bits per heavy atom. The Morgan fingerprint density at radius 2 is 2.38 bits per heavy atom. The van der Waals surface area contributed by atoms with Crippen LogP contribution >= 0.6 is 0 Å². The Kier molecular flexibility index (Phi) is 1.24. The maximum Gasteiger partial charge on any atom is 0.194 e. The summed E-state index contributed by atoms with van der Waals surface area (Å²) in [5.41, 5.74) is 0.977. The van der Waals surface area contributed by atoms with E-state index in [2.05, 4.69) is 6.26 Å². The van der Waals surface area contributed by atoms with Gasteiger partial charge in [0.05, 0.1) is 12.0 Å². The maximum absolute atomic E-state index is 4.71. The molecule has 2 nitrogen and oxygen atoms in total. The van der Waals surface area contributed by atoms with E-state index in [0.717, 1.165) is 5.69 Å². The molecule has 0 unspecified atom stereocenters. The smallest absolute Gasteiger partial charge is 0.194 e. The van der Waals surface area contributed by atoms with Crippen LogP contribution in [0.4, 0.5) is 5.69 Å². The van der Waals surface area contributed by atoms with Gasteiger partial charge in [0.15, 0.2) is 6.26 Å². The van der Waals surface area contributed by atoms with Crippen LogP contribution in [0.1, 0.15) is 0 Å². The van der Waals surface area contributed by atoms with Crippen molar-refractivity contribution in [2.75, 3.05) is 19.0 Å². The molecule has 0 N–H and O–H groups in total. The largest absolute Gasteiger partial charge is 0.459 e. The van der Waals surface area contributed by atoms with E-state index in [4.69, 9.17) is 4.42 Å². The zero-order valence-corrected chi connectivity index (χ0v) is 5.01. The van der Waals surface area contributed by atoms with Crippen LogP contribution in [0.25, 0.3) is 0 Å². The minimum absolute atomic E-state index is 0.977. The van der Waals surface area contributed by atoms with Crippen molar-refractivity contribution in [1.82, 2.24) is 0 Å². The van der Waals surface area contributed by atoms with E-state index in [1.54, 1.807) is 6.26 Å². The van der Waals surface area contributed by atoms with Gasteiger partial charge in [-0.1, -0.05) is 0 Å². The molecule has 1 rings (SSSR count). The van der Waals surface area contributed by atoms with E-state index >= 15 is 0 Å². The fourth-order valence-electron chi connectivity index (χ4n) is 0.467. The minimum Gasteiger partial charge on any atom is -0.459 e. The van der Waals surface area contributed by atoms with E-state index in [-0.39, 0.29) is 0 Å². The summed E-state index contributed by atoms with van der Waals surface area (Å²) in [5, 5.41) is 0. The Bertz CT molecular complexity index is 144. The molecule has 1 aromatic heterocycles. The summed E-state index contributed by atoms with van der Waals surface area (Å²) >= 11 is 0. The number of nitrogens with zero attached hydrogens (tertiary/aromatic N) is 1. The van der Waals surface area contributed by atoms with Crippen molar-refractivity contribution < 1.29 is 4.42 Å². The monoisotopic (exact) mass is 110 g/mol. The first-order valence-electron chi connectivity index (χ1n) is 2.43. The average Bonchev–Trinajstić information content (AvgIpc) is 2.12. The third-order valence-corrected chi connectivity index (χ3v) is 0.939. The van der Waals surface area contributed by atoms with Crippen LogP contribution in [-0.4, -0.2) is 14.1 Å². The first-order chi connectivity index (χ1) is 3.80. The summed E-state index contributed by atoms with van der Waals surface area (Å²) in [7, 11) is 3.89. The average molecular weight is 110 g/mol. The molecule has 0 spiro atoms. The lowest BCUT2D eigenvalue weighted by molar-refractivity contribution is 0.558. The summed E-state index contributed by atoms with van der Waals surface area (Å²) in [6, 6.07) is 1.86. The van der Waals surface area contributed by atoms with Gasteiger partial charge in [-0.2, -0.15) is 0 Å². The molecule has 1 heterocycles. The van der Waals surface area contributed by atoms with E-state index in [9.17, 15) is 0 Å². The SMILES string of the molecule is CN(C)c1[c]occ1. The molecule has 0 aromatic carbocycles. The molecule has 0 amide bonds. The second-order valence-corrected chi connectivity index (χ2v) is 1.80. The summed E-state index contributed by atoms with van der Waals surface area (Å²) in [4.78, 5) is 1.93. The van der Waals surface area contributed by atoms with Gasteiger partial charge < -0.3 is 9.32 Å². The number of hydrogen-bond acceptors (Lipinski definition) is 2. The van der Waals surface area contributed by atoms with Gasteiger partial charge in [-0.05, 0) is 0 Å². The Hall–Kier alpha value is -0.920. The van der Waals surface area contributed by atoms with Gasteiger partial charge >= 0.3 is 0 Å². The molecule has 0 aliphatic carbocycles. The molecule has 1 aromatic rings. The summed E-state index contributed by atoms with van der Waals surface area (Å²) in [6.07, 6.45) is 4.29. The maximum atomic E-state index is 4.71. The van der Waals surface area contributed by atoms with Crippen molar-refractivity contribution >= 4 is 5.69 Å². The summed E-state index contributed by atoms with van der Waals surface area (Å²) in [5.74, 6) is 0. The van der Waals surface area contributed by atoms with Crippen LogP contribution in [0.2, 0.25) is 0 Å². The first-order valence-corrected chi connectivity index (χ1v) is 2.43. The summed E-state index contributed by atoms with van der Waals surface area (Å²) < 4.78 is 4.71. The molecule has 1 radical (unpaired) electrons. The van der Waals surface area contributed by atoms with Crippen molar-refractivity contribution in [2.45, 2.75) is 0 Å². The van der Waals surface area contributed by atoms with Gasteiger partial charge in [-0.25, -0.2) is 0 Å². The number of anilines is 1.